The predicted octanol–water partition coefficient (Wildman–Crippen LogP) is 1.61. The molecule has 0 saturated heterocycles. The maximum atomic E-state index is 11.7. The van der Waals surface area contributed by atoms with E-state index in [1.165, 1.54) is 18.2 Å². The van der Waals surface area contributed by atoms with E-state index in [1.807, 2.05) is 0 Å². The molecule has 2 rings (SSSR count). The first-order valence-corrected chi connectivity index (χ1v) is 6.42. The van der Waals surface area contributed by atoms with E-state index in [-0.39, 0.29) is 18.1 Å². The van der Waals surface area contributed by atoms with E-state index >= 15 is 0 Å². The maximum absolute atomic E-state index is 11.7. The highest BCUT2D eigenvalue weighted by atomic mass is 35.5. The molecule has 1 aromatic carbocycles. The molecule has 1 saturated carbocycles. The molecule has 19 heavy (non-hydrogen) atoms. The molecule has 0 unspecified atom stereocenters. The van der Waals surface area contributed by atoms with Gasteiger partial charge in [0, 0.05) is 17.3 Å². The van der Waals surface area contributed by atoms with Gasteiger partial charge in [-0.05, 0) is 37.0 Å². The van der Waals surface area contributed by atoms with E-state index in [9.17, 15) is 9.59 Å². The van der Waals surface area contributed by atoms with Crippen molar-refractivity contribution in [1.82, 2.24) is 5.32 Å². The van der Waals surface area contributed by atoms with Crippen LogP contribution in [0.3, 0.4) is 0 Å². The molecule has 1 amide bonds. The fourth-order valence-corrected chi connectivity index (χ4v) is 1.82. The number of esters is 1. The summed E-state index contributed by atoms with van der Waals surface area (Å²) in [5.74, 6) is -0.321. The molecule has 0 radical (unpaired) electrons. The van der Waals surface area contributed by atoms with Gasteiger partial charge in [-0.25, -0.2) is 4.79 Å². The Labute approximate surface area is 116 Å². The van der Waals surface area contributed by atoms with Gasteiger partial charge in [0.05, 0.1) is 5.56 Å². The van der Waals surface area contributed by atoms with Crippen molar-refractivity contribution in [3.8, 4) is 0 Å². The second-order valence-electron chi connectivity index (χ2n) is 4.60. The van der Waals surface area contributed by atoms with Gasteiger partial charge in [-0.3, -0.25) is 4.79 Å². The zero-order chi connectivity index (χ0) is 13.8. The van der Waals surface area contributed by atoms with Crippen molar-refractivity contribution >= 4 is 29.2 Å². The van der Waals surface area contributed by atoms with Crippen molar-refractivity contribution in [2.75, 3.05) is 18.9 Å². The predicted molar refractivity (Wildman–Crippen MR) is 71.9 cm³/mol. The smallest absolute Gasteiger partial charge is 0.338 e. The van der Waals surface area contributed by atoms with E-state index in [1.54, 1.807) is 0 Å². The molecule has 5 nitrogen and oxygen atoms in total. The van der Waals surface area contributed by atoms with Crippen molar-refractivity contribution in [3.05, 3.63) is 28.8 Å². The first-order chi connectivity index (χ1) is 9.04. The van der Waals surface area contributed by atoms with Crippen LogP contribution in [0.1, 0.15) is 23.2 Å². The van der Waals surface area contributed by atoms with Crippen LogP contribution in [0.4, 0.5) is 5.69 Å². The number of benzene rings is 1. The number of halogens is 1. The number of ether oxygens (including phenoxy) is 1. The van der Waals surface area contributed by atoms with Crippen LogP contribution in [-0.2, 0) is 9.53 Å². The highest BCUT2D eigenvalue weighted by Crippen LogP contribution is 2.27. The number of hydrogen-bond donors (Lipinski definition) is 2. The second-order valence-corrected chi connectivity index (χ2v) is 5.03. The number of amides is 1. The molecule has 6 heteroatoms. The summed E-state index contributed by atoms with van der Waals surface area (Å²) in [5, 5.41) is 3.06. The quantitative estimate of drug-likeness (QED) is 0.635. The molecule has 0 atom stereocenters. The average Bonchev–Trinajstić information content (AvgIpc) is 3.16. The van der Waals surface area contributed by atoms with Gasteiger partial charge in [0.2, 0.25) is 0 Å². The van der Waals surface area contributed by atoms with Crippen LogP contribution < -0.4 is 11.1 Å². The maximum Gasteiger partial charge on any atom is 0.338 e. The average molecular weight is 283 g/mol. The number of nitrogens with one attached hydrogen (secondary N) is 1. The number of anilines is 1. The highest BCUT2D eigenvalue weighted by Gasteiger charge is 2.21. The lowest BCUT2D eigenvalue weighted by Crippen LogP contribution is -2.30. The monoisotopic (exact) mass is 282 g/mol. The third-order valence-corrected chi connectivity index (χ3v) is 2.99. The lowest BCUT2D eigenvalue weighted by atomic mass is 10.2. The molecule has 0 heterocycles. The third-order valence-electron chi connectivity index (χ3n) is 2.78. The van der Waals surface area contributed by atoms with E-state index in [2.05, 4.69) is 5.32 Å². The lowest BCUT2D eigenvalue weighted by Gasteiger charge is -2.06. The van der Waals surface area contributed by atoms with Crippen molar-refractivity contribution < 1.29 is 14.3 Å². The van der Waals surface area contributed by atoms with Gasteiger partial charge < -0.3 is 15.8 Å². The molecule has 102 valence electrons. The number of hydrogen-bond acceptors (Lipinski definition) is 4. The number of carbonyl (C=O) groups is 2. The summed E-state index contributed by atoms with van der Waals surface area (Å²) >= 11 is 5.78. The Bertz CT molecular complexity index is 480. The summed E-state index contributed by atoms with van der Waals surface area (Å²) in [4.78, 5) is 23.1. The minimum atomic E-state index is -0.615. The van der Waals surface area contributed by atoms with Crippen LogP contribution in [0.5, 0.6) is 0 Å². The normalized spacial score (nSPS) is 13.9. The summed E-state index contributed by atoms with van der Waals surface area (Å²) in [5.41, 5.74) is 6.18. The molecule has 0 spiro atoms. The first-order valence-electron chi connectivity index (χ1n) is 6.04. The fraction of sp³-hybridized carbons (Fsp3) is 0.385. The Morgan fingerprint density at radius 1 is 1.37 bits per heavy atom. The SMILES string of the molecule is Nc1cc(Cl)cc(C(=O)OCC(=O)NCC2CC2)c1. The molecular weight excluding hydrogens is 268 g/mol. The van der Waals surface area contributed by atoms with Gasteiger partial charge in [0.25, 0.3) is 5.91 Å². The van der Waals surface area contributed by atoms with Crippen molar-refractivity contribution in [1.29, 1.82) is 0 Å². The van der Waals surface area contributed by atoms with Crippen LogP contribution in [0.2, 0.25) is 5.02 Å². The van der Waals surface area contributed by atoms with Gasteiger partial charge in [0.1, 0.15) is 0 Å². The first kappa shape index (κ1) is 13.7. The Morgan fingerprint density at radius 3 is 2.74 bits per heavy atom. The van der Waals surface area contributed by atoms with Crippen LogP contribution in [0, 0.1) is 5.92 Å². The zero-order valence-corrected chi connectivity index (χ0v) is 11.1. The molecule has 0 aliphatic heterocycles. The third kappa shape index (κ3) is 4.44. The molecule has 3 N–H and O–H groups in total. The Kier molecular flexibility index (Phi) is 4.27. The summed E-state index contributed by atoms with van der Waals surface area (Å²) in [6.45, 7) is 0.360. The molecule has 1 aromatic rings. The standard InChI is InChI=1S/C13H15ClN2O3/c14-10-3-9(4-11(15)5-10)13(18)19-7-12(17)16-6-8-1-2-8/h3-5,8H,1-2,6-7,15H2,(H,16,17). The lowest BCUT2D eigenvalue weighted by molar-refractivity contribution is -0.124. The van der Waals surface area contributed by atoms with Crippen molar-refractivity contribution in [2.45, 2.75) is 12.8 Å². The summed E-state index contributed by atoms with van der Waals surface area (Å²) in [6, 6.07) is 4.43. The summed E-state index contributed by atoms with van der Waals surface area (Å²) in [6.07, 6.45) is 2.31. The number of nitrogen functional groups attached to an aromatic ring is 1. The van der Waals surface area contributed by atoms with E-state index < -0.39 is 5.97 Å². The topological polar surface area (TPSA) is 81.4 Å². The van der Waals surface area contributed by atoms with Crippen LogP contribution >= 0.6 is 11.6 Å². The molecule has 1 aliphatic rings. The minimum absolute atomic E-state index is 0.236. The van der Waals surface area contributed by atoms with Crippen LogP contribution in [0.25, 0.3) is 0 Å². The molecule has 0 bridgehead atoms. The Balaban J connectivity index is 1.80. The van der Waals surface area contributed by atoms with Gasteiger partial charge >= 0.3 is 5.97 Å². The number of rotatable bonds is 5. The van der Waals surface area contributed by atoms with Gasteiger partial charge in [-0.1, -0.05) is 11.6 Å². The molecule has 1 aliphatic carbocycles. The zero-order valence-electron chi connectivity index (χ0n) is 10.3. The van der Waals surface area contributed by atoms with Gasteiger partial charge in [-0.15, -0.1) is 0 Å². The molecule has 1 fully saturated rings. The van der Waals surface area contributed by atoms with E-state index in [4.69, 9.17) is 22.1 Å². The summed E-state index contributed by atoms with van der Waals surface area (Å²) in [7, 11) is 0. The molecular formula is C13H15ClN2O3. The minimum Gasteiger partial charge on any atom is -0.452 e. The number of nitrogens with two attached hydrogens (primary N) is 1. The molecule has 0 aromatic heterocycles. The highest BCUT2D eigenvalue weighted by molar-refractivity contribution is 6.31. The van der Waals surface area contributed by atoms with Crippen LogP contribution in [-0.4, -0.2) is 25.0 Å². The van der Waals surface area contributed by atoms with Crippen LogP contribution in [0.15, 0.2) is 18.2 Å². The van der Waals surface area contributed by atoms with E-state index in [0.717, 1.165) is 12.8 Å². The van der Waals surface area contributed by atoms with Crippen molar-refractivity contribution in [2.24, 2.45) is 5.92 Å². The van der Waals surface area contributed by atoms with Crippen molar-refractivity contribution in [3.63, 3.8) is 0 Å². The summed E-state index contributed by atoms with van der Waals surface area (Å²) < 4.78 is 4.89. The second kappa shape index (κ2) is 5.93. The van der Waals surface area contributed by atoms with Gasteiger partial charge in [0.15, 0.2) is 6.61 Å². The fourth-order valence-electron chi connectivity index (χ4n) is 1.58. The Morgan fingerprint density at radius 2 is 2.11 bits per heavy atom. The van der Waals surface area contributed by atoms with E-state index in [0.29, 0.717) is 23.2 Å². The van der Waals surface area contributed by atoms with Gasteiger partial charge in [-0.2, -0.15) is 0 Å². The number of carbonyl (C=O) groups excluding carboxylic acids is 2. The Hall–Kier alpha value is -1.75. The largest absolute Gasteiger partial charge is 0.452 e.